The van der Waals surface area contributed by atoms with Gasteiger partial charge >= 0.3 is 5.97 Å². The molecule has 2 heterocycles. The van der Waals surface area contributed by atoms with Gasteiger partial charge in [0, 0.05) is 17.4 Å². The maximum atomic E-state index is 13.7. The Labute approximate surface area is 184 Å². The zero-order valence-electron chi connectivity index (χ0n) is 17.8. The summed E-state index contributed by atoms with van der Waals surface area (Å²) in [5.74, 6) is -0.625. The van der Waals surface area contributed by atoms with Crippen molar-refractivity contribution < 1.29 is 9.90 Å². The number of benzene rings is 2. The molecule has 0 fully saturated rings. The first-order valence-electron chi connectivity index (χ1n) is 10.2. The fourth-order valence-electron chi connectivity index (χ4n) is 3.73. The van der Waals surface area contributed by atoms with E-state index in [9.17, 15) is 14.7 Å². The normalized spacial score (nSPS) is 11.7. The smallest absolute Gasteiger partial charge is 0.329 e. The van der Waals surface area contributed by atoms with Crippen molar-refractivity contribution in [2.75, 3.05) is 0 Å². The lowest BCUT2D eigenvalue weighted by atomic mass is 10.0. The first-order chi connectivity index (χ1) is 14.8. The average molecular weight is 433 g/mol. The monoisotopic (exact) mass is 432 g/mol. The SMILES string of the molecule is CCc1ccc(-c2csc3nc(Cc4ccccc4)n(C(C)(C)C(=O)O)c(=O)c23)cc1. The molecule has 0 saturated carbocycles. The fraction of sp³-hybridized carbons (Fsp3) is 0.240. The van der Waals surface area contributed by atoms with E-state index in [4.69, 9.17) is 4.98 Å². The van der Waals surface area contributed by atoms with E-state index in [0.717, 1.165) is 23.1 Å². The van der Waals surface area contributed by atoms with Gasteiger partial charge in [0.2, 0.25) is 0 Å². The maximum absolute atomic E-state index is 13.7. The number of hydrogen-bond acceptors (Lipinski definition) is 4. The first kappa shape index (κ1) is 21.0. The van der Waals surface area contributed by atoms with E-state index >= 15 is 0 Å². The summed E-state index contributed by atoms with van der Waals surface area (Å²) >= 11 is 1.41. The Bertz CT molecular complexity index is 1300. The average Bonchev–Trinajstić information content (AvgIpc) is 3.18. The van der Waals surface area contributed by atoms with Gasteiger partial charge < -0.3 is 5.11 Å². The third-order valence-electron chi connectivity index (χ3n) is 5.64. The highest BCUT2D eigenvalue weighted by Crippen LogP contribution is 2.32. The lowest BCUT2D eigenvalue weighted by Crippen LogP contribution is -2.45. The van der Waals surface area contributed by atoms with Crippen LogP contribution in [0.15, 0.2) is 64.8 Å². The Morgan fingerprint density at radius 1 is 1.06 bits per heavy atom. The van der Waals surface area contributed by atoms with Gasteiger partial charge in [0.1, 0.15) is 16.2 Å². The van der Waals surface area contributed by atoms with E-state index in [1.165, 1.54) is 21.5 Å². The van der Waals surface area contributed by atoms with E-state index < -0.39 is 11.5 Å². The summed E-state index contributed by atoms with van der Waals surface area (Å²) in [6, 6.07) is 17.8. The van der Waals surface area contributed by atoms with Gasteiger partial charge in [0.15, 0.2) is 0 Å². The van der Waals surface area contributed by atoms with Crippen LogP contribution in [0, 0.1) is 0 Å². The second-order valence-corrected chi connectivity index (χ2v) is 8.93. The van der Waals surface area contributed by atoms with E-state index in [1.54, 1.807) is 13.8 Å². The molecule has 0 bridgehead atoms. The van der Waals surface area contributed by atoms with Gasteiger partial charge in [-0.2, -0.15) is 0 Å². The van der Waals surface area contributed by atoms with Crippen LogP contribution in [0.2, 0.25) is 0 Å². The van der Waals surface area contributed by atoms with Crippen molar-refractivity contribution in [2.45, 2.75) is 39.2 Å². The molecule has 31 heavy (non-hydrogen) atoms. The highest BCUT2D eigenvalue weighted by Gasteiger charge is 2.34. The second-order valence-electron chi connectivity index (χ2n) is 8.08. The number of rotatable bonds is 6. The minimum atomic E-state index is -1.44. The molecule has 4 aromatic rings. The van der Waals surface area contributed by atoms with Gasteiger partial charge in [-0.1, -0.05) is 61.5 Å². The lowest BCUT2D eigenvalue weighted by molar-refractivity contribution is -0.146. The Balaban J connectivity index is 1.96. The highest BCUT2D eigenvalue weighted by atomic mass is 32.1. The van der Waals surface area contributed by atoms with Gasteiger partial charge in [-0.05, 0) is 37.0 Å². The number of hydrogen-bond donors (Lipinski definition) is 1. The Hall–Kier alpha value is -3.25. The van der Waals surface area contributed by atoms with Crippen LogP contribution in [0.4, 0.5) is 0 Å². The zero-order chi connectivity index (χ0) is 22.2. The van der Waals surface area contributed by atoms with Crippen molar-refractivity contribution in [3.05, 3.63) is 87.3 Å². The van der Waals surface area contributed by atoms with E-state index in [0.29, 0.717) is 22.5 Å². The van der Waals surface area contributed by atoms with E-state index in [1.807, 2.05) is 47.8 Å². The van der Waals surface area contributed by atoms with Crippen LogP contribution >= 0.6 is 11.3 Å². The number of carboxylic acid groups (broad SMARTS) is 1. The molecule has 0 aliphatic carbocycles. The lowest BCUT2D eigenvalue weighted by Gasteiger charge is -2.25. The van der Waals surface area contributed by atoms with Crippen LogP contribution in [0.1, 0.15) is 37.7 Å². The van der Waals surface area contributed by atoms with Gasteiger partial charge in [0.25, 0.3) is 5.56 Å². The third-order valence-corrected chi connectivity index (χ3v) is 6.51. The highest BCUT2D eigenvalue weighted by molar-refractivity contribution is 7.17. The molecular weight excluding hydrogens is 408 g/mol. The molecule has 0 spiro atoms. The third kappa shape index (κ3) is 3.79. The molecule has 5 nitrogen and oxygen atoms in total. The van der Waals surface area contributed by atoms with Crippen LogP contribution < -0.4 is 5.56 Å². The van der Waals surface area contributed by atoms with E-state index in [2.05, 4.69) is 19.1 Å². The van der Waals surface area contributed by atoms with Crippen LogP contribution in [-0.4, -0.2) is 20.6 Å². The topological polar surface area (TPSA) is 72.2 Å². The quantitative estimate of drug-likeness (QED) is 0.460. The molecule has 0 aliphatic rings. The summed E-state index contributed by atoms with van der Waals surface area (Å²) in [6.07, 6.45) is 1.32. The molecule has 6 heteroatoms. The number of nitrogens with zero attached hydrogens (tertiary/aromatic N) is 2. The summed E-state index contributed by atoms with van der Waals surface area (Å²) in [6.45, 7) is 5.18. The summed E-state index contributed by atoms with van der Waals surface area (Å²) in [4.78, 5) is 31.2. The number of thiophene rings is 1. The zero-order valence-corrected chi connectivity index (χ0v) is 18.6. The molecule has 0 saturated heterocycles. The minimum Gasteiger partial charge on any atom is -0.480 e. The van der Waals surface area contributed by atoms with Gasteiger partial charge in [0.05, 0.1) is 5.39 Å². The molecule has 2 aromatic carbocycles. The Morgan fingerprint density at radius 2 is 1.74 bits per heavy atom. The van der Waals surface area contributed by atoms with Crippen molar-refractivity contribution in [2.24, 2.45) is 0 Å². The molecule has 0 aliphatic heterocycles. The van der Waals surface area contributed by atoms with Crippen molar-refractivity contribution in [3.63, 3.8) is 0 Å². The van der Waals surface area contributed by atoms with Gasteiger partial charge in [-0.3, -0.25) is 9.36 Å². The van der Waals surface area contributed by atoms with Crippen molar-refractivity contribution in [3.8, 4) is 11.1 Å². The fourth-order valence-corrected chi connectivity index (χ4v) is 4.69. The van der Waals surface area contributed by atoms with Gasteiger partial charge in [-0.15, -0.1) is 11.3 Å². The van der Waals surface area contributed by atoms with E-state index in [-0.39, 0.29) is 5.56 Å². The molecule has 0 atom stereocenters. The molecule has 0 unspecified atom stereocenters. The first-order valence-corrected chi connectivity index (χ1v) is 11.1. The number of carbonyl (C=O) groups is 1. The van der Waals surface area contributed by atoms with Crippen LogP contribution in [-0.2, 0) is 23.2 Å². The predicted octanol–water partition coefficient (Wildman–Crippen LogP) is 5.10. The Kier molecular flexibility index (Phi) is 5.50. The van der Waals surface area contributed by atoms with Crippen LogP contribution in [0.3, 0.4) is 0 Å². The summed E-state index contributed by atoms with van der Waals surface area (Å²) in [5.41, 5.74) is 2.15. The summed E-state index contributed by atoms with van der Waals surface area (Å²) in [7, 11) is 0. The predicted molar refractivity (Wildman–Crippen MR) is 125 cm³/mol. The van der Waals surface area contributed by atoms with Gasteiger partial charge in [-0.25, -0.2) is 9.78 Å². The number of aryl methyl sites for hydroxylation is 1. The molecule has 2 aromatic heterocycles. The minimum absolute atomic E-state index is 0.320. The Morgan fingerprint density at radius 3 is 2.35 bits per heavy atom. The largest absolute Gasteiger partial charge is 0.480 e. The molecule has 0 amide bonds. The second kappa shape index (κ2) is 8.12. The van der Waals surface area contributed by atoms with Crippen molar-refractivity contribution in [1.82, 2.24) is 9.55 Å². The van der Waals surface area contributed by atoms with Crippen molar-refractivity contribution in [1.29, 1.82) is 0 Å². The number of aromatic nitrogens is 2. The number of aliphatic carboxylic acids is 1. The number of fused-ring (bicyclic) bond motifs is 1. The molecule has 1 N–H and O–H groups in total. The maximum Gasteiger partial charge on any atom is 0.329 e. The molecule has 4 rings (SSSR count). The van der Waals surface area contributed by atoms with Crippen LogP contribution in [0.5, 0.6) is 0 Å². The molecule has 158 valence electrons. The number of carboxylic acids is 1. The summed E-state index contributed by atoms with van der Waals surface area (Å²) < 4.78 is 1.35. The molecular formula is C25H24N2O3S. The molecule has 0 radical (unpaired) electrons. The van der Waals surface area contributed by atoms with Crippen molar-refractivity contribution >= 4 is 27.5 Å². The summed E-state index contributed by atoms with van der Waals surface area (Å²) in [5, 5.41) is 12.3. The van der Waals surface area contributed by atoms with Crippen LogP contribution in [0.25, 0.3) is 21.3 Å². The standard InChI is InChI=1S/C25H24N2O3S/c1-4-16-10-12-18(13-11-16)19-15-31-22-21(19)23(28)27(25(2,3)24(29)30)20(26-22)14-17-8-6-5-7-9-17/h5-13,15H,4,14H2,1-3H3,(H,29,30).